The van der Waals surface area contributed by atoms with Crippen LogP contribution in [-0.2, 0) is 4.79 Å². The summed E-state index contributed by atoms with van der Waals surface area (Å²) in [6.07, 6.45) is 7.96. The molecule has 0 radical (unpaired) electrons. The number of hydrogen-bond donors (Lipinski definition) is 1. The first kappa shape index (κ1) is 23.9. The van der Waals surface area contributed by atoms with Gasteiger partial charge in [0.05, 0.1) is 0 Å². The molecule has 8 heteroatoms. The summed E-state index contributed by atoms with van der Waals surface area (Å²) in [5.41, 5.74) is 0. The van der Waals surface area contributed by atoms with Crippen LogP contribution in [0.2, 0.25) is 0 Å². The number of aromatic nitrogens is 2. The van der Waals surface area contributed by atoms with E-state index in [2.05, 4.69) is 20.4 Å². The molecule has 0 aliphatic heterocycles. The molecule has 2 rings (SSSR count). The van der Waals surface area contributed by atoms with E-state index in [0.717, 1.165) is 50.8 Å². The van der Waals surface area contributed by atoms with Crippen molar-refractivity contribution in [1.82, 2.24) is 20.4 Å². The van der Waals surface area contributed by atoms with Gasteiger partial charge in [0.2, 0.25) is 11.7 Å². The highest BCUT2D eigenvalue weighted by Crippen LogP contribution is 2.25. The Bertz CT molecular complexity index is 638. The number of Topliss-reactive ketones (excluding diaryl/α,β-unsaturated/α-hetero) is 1. The van der Waals surface area contributed by atoms with Crippen molar-refractivity contribution in [2.24, 2.45) is 11.8 Å². The molecule has 0 aromatic carbocycles. The second-order valence-corrected chi connectivity index (χ2v) is 9.19. The van der Waals surface area contributed by atoms with E-state index in [-0.39, 0.29) is 29.4 Å². The van der Waals surface area contributed by atoms with Gasteiger partial charge in [-0.15, -0.1) is 10.2 Å². The molecule has 1 fully saturated rings. The summed E-state index contributed by atoms with van der Waals surface area (Å²) in [6, 6.07) is -0.610. The molecule has 0 saturated heterocycles. The second kappa shape index (κ2) is 12.3. The number of carbonyl (C=O) groups is 2. The summed E-state index contributed by atoms with van der Waals surface area (Å²) in [5.74, 6) is 0.577. The van der Waals surface area contributed by atoms with E-state index in [1.807, 2.05) is 27.9 Å². The van der Waals surface area contributed by atoms with Crippen LogP contribution in [0, 0.1) is 11.8 Å². The average molecular weight is 425 g/mol. The van der Waals surface area contributed by atoms with Crippen LogP contribution >= 0.6 is 11.8 Å². The van der Waals surface area contributed by atoms with Crippen molar-refractivity contribution in [3.8, 4) is 0 Å². The van der Waals surface area contributed by atoms with E-state index in [1.54, 1.807) is 0 Å². The maximum absolute atomic E-state index is 13.2. The van der Waals surface area contributed by atoms with Crippen LogP contribution in [-0.4, -0.2) is 59.2 Å². The van der Waals surface area contributed by atoms with Crippen molar-refractivity contribution >= 4 is 23.5 Å². The van der Waals surface area contributed by atoms with Crippen LogP contribution < -0.4 is 5.32 Å². The highest BCUT2D eigenvalue weighted by Gasteiger charge is 2.34. The minimum atomic E-state index is -0.610. The standard InChI is InChI=1S/C21H36N4O3S/c1-5-15(6-2)17(22-19(27)16-11-9-7-8-10-12-16)18(26)20-23-24-21(28-20)29-14-13-25(3)4/h15-17H,5-14H2,1-4H3,(H,22,27). The third-order valence-corrected chi connectivity index (χ3v) is 6.51. The molecular weight excluding hydrogens is 388 g/mol. The Hall–Kier alpha value is -1.41. The van der Waals surface area contributed by atoms with Crippen LogP contribution in [0.3, 0.4) is 0 Å². The van der Waals surface area contributed by atoms with Crippen LogP contribution in [0.25, 0.3) is 0 Å². The van der Waals surface area contributed by atoms with E-state index < -0.39 is 6.04 Å². The monoisotopic (exact) mass is 424 g/mol. The number of nitrogens with one attached hydrogen (secondary N) is 1. The van der Waals surface area contributed by atoms with E-state index in [0.29, 0.717) is 5.22 Å². The zero-order chi connectivity index (χ0) is 21.2. The summed E-state index contributed by atoms with van der Waals surface area (Å²) in [4.78, 5) is 28.1. The molecule has 1 aliphatic carbocycles. The van der Waals surface area contributed by atoms with Crippen molar-refractivity contribution in [3.63, 3.8) is 0 Å². The summed E-state index contributed by atoms with van der Waals surface area (Å²) < 4.78 is 5.62. The molecule has 1 aromatic heterocycles. The fourth-order valence-electron chi connectivity index (χ4n) is 3.79. The van der Waals surface area contributed by atoms with Crippen molar-refractivity contribution in [1.29, 1.82) is 0 Å². The molecule has 0 spiro atoms. The largest absolute Gasteiger partial charge is 0.408 e. The maximum Gasteiger partial charge on any atom is 0.286 e. The van der Waals surface area contributed by atoms with Gasteiger partial charge in [0.15, 0.2) is 0 Å². The van der Waals surface area contributed by atoms with Gasteiger partial charge < -0.3 is 14.6 Å². The Morgan fingerprint density at radius 1 is 1.14 bits per heavy atom. The van der Waals surface area contributed by atoms with Gasteiger partial charge in [-0.3, -0.25) is 9.59 Å². The summed E-state index contributed by atoms with van der Waals surface area (Å²) in [5, 5.41) is 11.4. The summed E-state index contributed by atoms with van der Waals surface area (Å²) >= 11 is 1.44. The zero-order valence-corrected chi connectivity index (χ0v) is 19.1. The normalized spacial score (nSPS) is 16.8. The first-order chi connectivity index (χ1) is 14.0. The molecule has 1 saturated carbocycles. The average Bonchev–Trinajstić information content (AvgIpc) is 2.99. The Kier molecular flexibility index (Phi) is 10.1. The highest BCUT2D eigenvalue weighted by atomic mass is 32.2. The number of hydrogen-bond acceptors (Lipinski definition) is 7. The Labute approximate surface area is 178 Å². The molecule has 1 aromatic rings. The lowest BCUT2D eigenvalue weighted by atomic mass is 9.89. The van der Waals surface area contributed by atoms with Crippen molar-refractivity contribution < 1.29 is 14.0 Å². The minimum Gasteiger partial charge on any atom is -0.408 e. The van der Waals surface area contributed by atoms with Gasteiger partial charge in [0, 0.05) is 18.2 Å². The molecule has 1 unspecified atom stereocenters. The van der Waals surface area contributed by atoms with Gasteiger partial charge >= 0.3 is 0 Å². The topological polar surface area (TPSA) is 88.3 Å². The van der Waals surface area contributed by atoms with Crippen molar-refractivity contribution in [3.05, 3.63) is 5.89 Å². The number of rotatable bonds is 11. The van der Waals surface area contributed by atoms with Gasteiger partial charge in [0.25, 0.3) is 11.1 Å². The van der Waals surface area contributed by atoms with E-state index in [1.165, 1.54) is 24.6 Å². The third-order valence-electron chi connectivity index (χ3n) is 5.71. The predicted molar refractivity (Wildman–Crippen MR) is 115 cm³/mol. The smallest absolute Gasteiger partial charge is 0.286 e. The number of nitrogens with zero attached hydrogens (tertiary/aromatic N) is 3. The Balaban J connectivity index is 2.07. The van der Waals surface area contributed by atoms with Crippen molar-refractivity contribution in [2.45, 2.75) is 76.5 Å². The first-order valence-electron chi connectivity index (χ1n) is 10.9. The van der Waals surface area contributed by atoms with Gasteiger partial charge in [-0.2, -0.15) is 0 Å². The maximum atomic E-state index is 13.2. The molecule has 1 N–H and O–H groups in total. The molecular formula is C21H36N4O3S. The lowest BCUT2D eigenvalue weighted by molar-refractivity contribution is -0.126. The summed E-state index contributed by atoms with van der Waals surface area (Å²) in [6.45, 7) is 4.97. The Morgan fingerprint density at radius 3 is 2.38 bits per heavy atom. The summed E-state index contributed by atoms with van der Waals surface area (Å²) in [7, 11) is 4.00. The molecule has 164 valence electrons. The highest BCUT2D eigenvalue weighted by molar-refractivity contribution is 7.99. The van der Waals surface area contributed by atoms with Crippen LogP contribution in [0.15, 0.2) is 9.64 Å². The van der Waals surface area contributed by atoms with E-state index in [4.69, 9.17) is 4.42 Å². The van der Waals surface area contributed by atoms with Gasteiger partial charge in [-0.1, -0.05) is 64.1 Å². The molecule has 1 aliphatic rings. The molecule has 1 heterocycles. The SMILES string of the molecule is CCC(CC)C(NC(=O)C1CCCCCC1)C(=O)c1nnc(SCCN(C)C)o1. The van der Waals surface area contributed by atoms with Crippen molar-refractivity contribution in [2.75, 3.05) is 26.4 Å². The predicted octanol–water partition coefficient (Wildman–Crippen LogP) is 3.80. The molecule has 1 amide bonds. The molecule has 1 atom stereocenters. The lowest BCUT2D eigenvalue weighted by Gasteiger charge is -2.26. The number of ketones is 1. The van der Waals surface area contributed by atoms with Crippen LogP contribution in [0.5, 0.6) is 0 Å². The zero-order valence-electron chi connectivity index (χ0n) is 18.3. The van der Waals surface area contributed by atoms with E-state index >= 15 is 0 Å². The third kappa shape index (κ3) is 7.41. The lowest BCUT2D eigenvalue weighted by Crippen LogP contribution is -2.48. The first-order valence-corrected chi connectivity index (χ1v) is 11.9. The van der Waals surface area contributed by atoms with Gasteiger partial charge in [-0.05, 0) is 32.9 Å². The van der Waals surface area contributed by atoms with Crippen LogP contribution in [0.1, 0.15) is 75.9 Å². The number of carbonyl (C=O) groups excluding carboxylic acids is 2. The van der Waals surface area contributed by atoms with Crippen LogP contribution in [0.4, 0.5) is 0 Å². The Morgan fingerprint density at radius 2 is 1.79 bits per heavy atom. The fraction of sp³-hybridized carbons (Fsp3) is 0.810. The number of amides is 1. The number of thioether (sulfide) groups is 1. The minimum absolute atomic E-state index is 0.00185. The quantitative estimate of drug-likeness (QED) is 0.328. The van der Waals surface area contributed by atoms with Gasteiger partial charge in [0.1, 0.15) is 6.04 Å². The fourth-order valence-corrected chi connectivity index (χ4v) is 4.65. The van der Waals surface area contributed by atoms with E-state index in [9.17, 15) is 9.59 Å². The second-order valence-electron chi connectivity index (χ2n) is 8.14. The molecule has 7 nitrogen and oxygen atoms in total. The van der Waals surface area contributed by atoms with Gasteiger partial charge in [-0.25, -0.2) is 0 Å². The molecule has 29 heavy (non-hydrogen) atoms. The molecule has 0 bridgehead atoms.